The highest BCUT2D eigenvalue weighted by atomic mass is 19.1. The number of aromatic amines is 1. The summed E-state index contributed by atoms with van der Waals surface area (Å²) in [5.41, 5.74) is 0.0626. The number of hydrogen-bond donors (Lipinski definition) is 1. The van der Waals surface area contributed by atoms with Crippen LogP contribution in [0.2, 0.25) is 0 Å². The third-order valence-corrected chi connectivity index (χ3v) is 0.973. The van der Waals surface area contributed by atoms with Crippen molar-refractivity contribution in [2.24, 2.45) is 0 Å². The number of pyridine rings is 1. The summed E-state index contributed by atoms with van der Waals surface area (Å²) < 4.78 is 11.7. The van der Waals surface area contributed by atoms with Gasteiger partial charge in [-0.05, 0) is 6.07 Å². The number of rotatable bonds is 1. The Balaban J connectivity index is 3.08. The van der Waals surface area contributed by atoms with Gasteiger partial charge >= 0.3 is 0 Å². The van der Waals surface area contributed by atoms with Gasteiger partial charge in [0.25, 0.3) is 0 Å². The molecule has 0 radical (unpaired) electrons. The molecule has 1 heterocycles. The van der Waals surface area contributed by atoms with Crippen molar-refractivity contribution in [3.05, 3.63) is 34.2 Å². The molecule has 0 aliphatic heterocycles. The third kappa shape index (κ3) is 1.38. The lowest BCUT2D eigenvalue weighted by Crippen LogP contribution is -2.04. The molecular weight excluding hydrogens is 121 g/mol. The summed E-state index contributed by atoms with van der Waals surface area (Å²) in [5, 5.41) is 0. The molecule has 0 amide bonds. The first-order valence-corrected chi connectivity index (χ1v) is 2.57. The fourth-order valence-corrected chi connectivity index (χ4v) is 0.571. The van der Waals surface area contributed by atoms with E-state index in [-0.39, 0.29) is 5.56 Å². The van der Waals surface area contributed by atoms with Gasteiger partial charge in [0, 0.05) is 11.8 Å². The molecule has 2 nitrogen and oxygen atoms in total. The molecule has 0 aromatic carbocycles. The molecule has 1 aromatic rings. The Morgan fingerprint density at radius 3 is 2.78 bits per heavy atom. The van der Waals surface area contributed by atoms with E-state index >= 15 is 0 Å². The molecule has 0 saturated carbocycles. The second-order valence-corrected chi connectivity index (χ2v) is 1.67. The van der Waals surface area contributed by atoms with Crippen molar-refractivity contribution in [1.82, 2.24) is 4.98 Å². The molecule has 0 spiro atoms. The van der Waals surface area contributed by atoms with Crippen molar-refractivity contribution >= 4 is 0 Å². The van der Waals surface area contributed by atoms with Gasteiger partial charge in [0.05, 0.1) is 0 Å². The second-order valence-electron chi connectivity index (χ2n) is 1.67. The normalized spacial score (nSPS) is 9.44. The molecule has 1 N–H and O–H groups in total. The maximum absolute atomic E-state index is 11.7. The maximum atomic E-state index is 11.7. The highest BCUT2D eigenvalue weighted by molar-refractivity contribution is 5.01. The van der Waals surface area contributed by atoms with Gasteiger partial charge in [-0.2, -0.15) is 0 Å². The summed E-state index contributed by atoms with van der Waals surface area (Å²) in [6.45, 7) is -0.615. The van der Waals surface area contributed by atoms with Crippen molar-refractivity contribution < 1.29 is 4.39 Å². The van der Waals surface area contributed by atoms with Crippen LogP contribution in [0.4, 0.5) is 4.39 Å². The molecule has 3 heteroatoms. The Labute approximate surface area is 51.3 Å². The van der Waals surface area contributed by atoms with Gasteiger partial charge < -0.3 is 4.98 Å². The van der Waals surface area contributed by atoms with Crippen molar-refractivity contribution in [2.75, 3.05) is 0 Å². The summed E-state index contributed by atoms with van der Waals surface area (Å²) in [4.78, 5) is 12.8. The lowest BCUT2D eigenvalue weighted by atomic mass is 10.4. The third-order valence-electron chi connectivity index (χ3n) is 0.973. The minimum absolute atomic E-state index is 0.259. The second kappa shape index (κ2) is 2.44. The van der Waals surface area contributed by atoms with Crippen LogP contribution in [0.1, 0.15) is 5.69 Å². The van der Waals surface area contributed by atoms with Gasteiger partial charge in [-0.15, -0.1) is 0 Å². The van der Waals surface area contributed by atoms with Crippen LogP contribution in [0, 0.1) is 0 Å². The van der Waals surface area contributed by atoms with Gasteiger partial charge in [0.15, 0.2) is 0 Å². The zero-order valence-electron chi connectivity index (χ0n) is 4.73. The van der Waals surface area contributed by atoms with Crippen molar-refractivity contribution in [1.29, 1.82) is 0 Å². The fraction of sp³-hybridized carbons (Fsp3) is 0.167. The summed E-state index contributed by atoms with van der Waals surface area (Å²) >= 11 is 0. The molecule has 48 valence electrons. The van der Waals surface area contributed by atoms with Crippen LogP contribution in [0.5, 0.6) is 0 Å². The topological polar surface area (TPSA) is 32.9 Å². The molecule has 0 bridgehead atoms. The van der Waals surface area contributed by atoms with Crippen LogP contribution < -0.4 is 5.56 Å². The molecule has 0 saturated heterocycles. The first-order chi connectivity index (χ1) is 4.33. The zero-order valence-corrected chi connectivity index (χ0v) is 4.73. The zero-order chi connectivity index (χ0) is 6.69. The molecule has 0 atom stereocenters. The molecule has 0 fully saturated rings. The van der Waals surface area contributed by atoms with Gasteiger partial charge in [-0.25, -0.2) is 4.39 Å². The van der Waals surface area contributed by atoms with Crippen LogP contribution in [-0.4, -0.2) is 4.98 Å². The van der Waals surface area contributed by atoms with E-state index < -0.39 is 6.67 Å². The number of H-pyrrole nitrogens is 1. The van der Waals surface area contributed by atoms with Crippen molar-refractivity contribution in [3.8, 4) is 0 Å². The first-order valence-electron chi connectivity index (χ1n) is 2.57. The molecule has 1 rings (SSSR count). The number of hydrogen-bond acceptors (Lipinski definition) is 1. The van der Waals surface area contributed by atoms with E-state index in [1.165, 1.54) is 18.2 Å². The number of nitrogens with one attached hydrogen (secondary N) is 1. The quantitative estimate of drug-likeness (QED) is 0.595. The first kappa shape index (κ1) is 6.01. The number of alkyl halides is 1. The lowest BCUT2D eigenvalue weighted by Gasteiger charge is -1.88. The SMILES string of the molecule is O=c1cccc(CF)[nH]1. The minimum atomic E-state index is -0.615. The van der Waals surface area contributed by atoms with Crippen LogP contribution in [-0.2, 0) is 6.67 Å². The molecule has 0 aliphatic rings. The van der Waals surface area contributed by atoms with Crippen molar-refractivity contribution in [2.45, 2.75) is 6.67 Å². The monoisotopic (exact) mass is 127 g/mol. The number of aromatic nitrogens is 1. The van der Waals surface area contributed by atoms with E-state index in [0.717, 1.165) is 0 Å². The summed E-state index contributed by atoms with van der Waals surface area (Å²) in [6.07, 6.45) is 0. The highest BCUT2D eigenvalue weighted by Gasteiger charge is 1.87. The van der Waals surface area contributed by atoms with Gasteiger partial charge in [-0.3, -0.25) is 4.79 Å². The fourth-order valence-electron chi connectivity index (χ4n) is 0.571. The Morgan fingerprint density at radius 2 is 2.33 bits per heavy atom. The summed E-state index contributed by atoms with van der Waals surface area (Å²) in [6, 6.07) is 4.40. The number of halogens is 1. The molecule has 0 aliphatic carbocycles. The van der Waals surface area contributed by atoms with Gasteiger partial charge in [0.1, 0.15) is 6.67 Å². The predicted octanol–water partition coefficient (Wildman–Crippen LogP) is 0.844. The van der Waals surface area contributed by atoms with E-state index in [9.17, 15) is 9.18 Å². The Morgan fingerprint density at radius 1 is 1.56 bits per heavy atom. The largest absolute Gasteiger partial charge is 0.324 e. The van der Waals surface area contributed by atoms with Gasteiger partial charge in [0.2, 0.25) is 5.56 Å². The molecule has 9 heavy (non-hydrogen) atoms. The van der Waals surface area contributed by atoms with Crippen LogP contribution in [0.25, 0.3) is 0 Å². The Kier molecular flexibility index (Phi) is 1.63. The summed E-state index contributed by atoms with van der Waals surface area (Å²) in [7, 11) is 0. The van der Waals surface area contributed by atoms with E-state index in [4.69, 9.17) is 0 Å². The smallest absolute Gasteiger partial charge is 0.248 e. The van der Waals surface area contributed by atoms with E-state index in [0.29, 0.717) is 5.69 Å². The van der Waals surface area contributed by atoms with E-state index in [1.54, 1.807) is 0 Å². The Bertz CT molecular complexity index is 243. The molecule has 0 unspecified atom stereocenters. The minimum Gasteiger partial charge on any atom is -0.324 e. The predicted molar refractivity (Wildman–Crippen MR) is 31.9 cm³/mol. The highest BCUT2D eigenvalue weighted by Crippen LogP contribution is 1.90. The van der Waals surface area contributed by atoms with Crippen molar-refractivity contribution in [3.63, 3.8) is 0 Å². The average molecular weight is 127 g/mol. The van der Waals surface area contributed by atoms with Crippen LogP contribution >= 0.6 is 0 Å². The molecule has 1 aromatic heterocycles. The Hall–Kier alpha value is -1.12. The van der Waals surface area contributed by atoms with E-state index in [2.05, 4.69) is 4.98 Å². The molecular formula is C6H6FNO. The van der Waals surface area contributed by atoms with E-state index in [1.807, 2.05) is 0 Å². The maximum Gasteiger partial charge on any atom is 0.248 e. The van der Waals surface area contributed by atoms with Crippen LogP contribution in [0.15, 0.2) is 23.0 Å². The lowest BCUT2D eigenvalue weighted by molar-refractivity contribution is 0.475. The summed E-state index contributed by atoms with van der Waals surface area (Å²) in [5.74, 6) is 0. The van der Waals surface area contributed by atoms with Gasteiger partial charge in [-0.1, -0.05) is 6.07 Å². The average Bonchev–Trinajstić information content (AvgIpc) is 1.88. The van der Waals surface area contributed by atoms with Crippen LogP contribution in [0.3, 0.4) is 0 Å². The standard InChI is InChI=1S/C6H6FNO/c7-4-5-2-1-3-6(9)8-5/h1-3H,4H2,(H,8,9).